The number of rotatable bonds is 6. The van der Waals surface area contributed by atoms with Crippen molar-refractivity contribution in [3.05, 3.63) is 35.1 Å². The molecule has 0 aromatic heterocycles. The van der Waals surface area contributed by atoms with Gasteiger partial charge in [0.25, 0.3) is 0 Å². The van der Waals surface area contributed by atoms with E-state index in [4.69, 9.17) is 0 Å². The number of hydrogen-bond acceptors (Lipinski definition) is 1. The zero-order chi connectivity index (χ0) is 12.3. The molecule has 0 radical (unpaired) electrons. The molecule has 0 amide bonds. The first kappa shape index (κ1) is 12.6. The van der Waals surface area contributed by atoms with Crippen LogP contribution in [0.3, 0.4) is 0 Å². The Labute approximate surface area is 103 Å². The van der Waals surface area contributed by atoms with Crippen molar-refractivity contribution in [2.45, 2.75) is 45.6 Å². The Morgan fingerprint density at radius 1 is 1.41 bits per heavy atom. The van der Waals surface area contributed by atoms with E-state index in [1.54, 1.807) is 6.07 Å². The van der Waals surface area contributed by atoms with Crippen LogP contribution in [0.15, 0.2) is 18.2 Å². The Hall–Kier alpha value is -0.890. The van der Waals surface area contributed by atoms with Gasteiger partial charge in [-0.2, -0.15) is 0 Å². The number of halogens is 1. The number of nitrogens with one attached hydrogen (secondary N) is 1. The Morgan fingerprint density at radius 2 is 2.18 bits per heavy atom. The van der Waals surface area contributed by atoms with E-state index in [1.807, 2.05) is 19.1 Å². The summed E-state index contributed by atoms with van der Waals surface area (Å²) in [6.07, 6.45) is 4.81. The van der Waals surface area contributed by atoms with Gasteiger partial charge in [-0.15, -0.1) is 0 Å². The minimum Gasteiger partial charge on any atom is -0.310 e. The largest absolute Gasteiger partial charge is 0.310 e. The van der Waals surface area contributed by atoms with Crippen LogP contribution in [0.4, 0.5) is 4.39 Å². The molecule has 0 saturated heterocycles. The standard InChI is InChI=1S/C15H22FN/c1-3-8-17-15(10-12-5-6-12)13-9-11(2)4-7-14(13)16/h4,7,9,12,15,17H,3,5-6,8,10H2,1-2H3. The molecule has 1 nitrogen and oxygen atoms in total. The second kappa shape index (κ2) is 5.63. The van der Waals surface area contributed by atoms with Crippen molar-refractivity contribution in [1.29, 1.82) is 0 Å². The van der Waals surface area contributed by atoms with Crippen LogP contribution in [0, 0.1) is 18.7 Å². The molecule has 2 heteroatoms. The Kier molecular flexibility index (Phi) is 4.16. The molecule has 0 aliphatic heterocycles. The van der Waals surface area contributed by atoms with Crippen LogP contribution in [0.25, 0.3) is 0 Å². The first-order valence-electron chi connectivity index (χ1n) is 6.70. The maximum absolute atomic E-state index is 13.9. The molecule has 0 bridgehead atoms. The molecule has 94 valence electrons. The van der Waals surface area contributed by atoms with Crippen molar-refractivity contribution in [3.8, 4) is 0 Å². The fourth-order valence-corrected chi connectivity index (χ4v) is 2.26. The maximum Gasteiger partial charge on any atom is 0.127 e. The monoisotopic (exact) mass is 235 g/mol. The SMILES string of the molecule is CCCNC(CC1CC1)c1cc(C)ccc1F. The highest BCUT2D eigenvalue weighted by molar-refractivity contribution is 5.27. The van der Waals surface area contributed by atoms with Crippen molar-refractivity contribution in [1.82, 2.24) is 5.32 Å². The average Bonchev–Trinajstić information content (AvgIpc) is 3.11. The van der Waals surface area contributed by atoms with Crippen LogP contribution in [-0.4, -0.2) is 6.54 Å². The highest BCUT2D eigenvalue weighted by Gasteiger charge is 2.27. The Bertz CT molecular complexity index is 371. The van der Waals surface area contributed by atoms with Crippen LogP contribution in [0.1, 0.15) is 49.8 Å². The summed E-state index contributed by atoms with van der Waals surface area (Å²) in [5, 5.41) is 3.49. The van der Waals surface area contributed by atoms with Crippen LogP contribution >= 0.6 is 0 Å². The lowest BCUT2D eigenvalue weighted by Gasteiger charge is -2.20. The van der Waals surface area contributed by atoms with Gasteiger partial charge in [-0.1, -0.05) is 37.5 Å². The molecule has 1 atom stereocenters. The molecule has 0 heterocycles. The summed E-state index contributed by atoms with van der Waals surface area (Å²) in [4.78, 5) is 0. The molecular weight excluding hydrogens is 213 g/mol. The first-order valence-corrected chi connectivity index (χ1v) is 6.70. The van der Waals surface area contributed by atoms with E-state index in [0.717, 1.165) is 36.4 Å². The van der Waals surface area contributed by atoms with E-state index in [2.05, 4.69) is 12.2 Å². The third kappa shape index (κ3) is 3.53. The molecule has 1 aromatic rings. The minimum atomic E-state index is -0.0650. The lowest BCUT2D eigenvalue weighted by molar-refractivity contribution is 0.453. The second-order valence-corrected chi connectivity index (χ2v) is 5.21. The van der Waals surface area contributed by atoms with Crippen molar-refractivity contribution in [2.75, 3.05) is 6.54 Å². The number of hydrogen-bond donors (Lipinski definition) is 1. The molecule has 17 heavy (non-hydrogen) atoms. The third-order valence-corrected chi connectivity index (χ3v) is 3.43. The van der Waals surface area contributed by atoms with Crippen molar-refractivity contribution >= 4 is 0 Å². The molecule has 1 unspecified atom stereocenters. The van der Waals surface area contributed by atoms with E-state index in [0.29, 0.717) is 0 Å². The normalized spacial score (nSPS) is 17.1. The van der Waals surface area contributed by atoms with Crippen LogP contribution < -0.4 is 5.32 Å². The smallest absolute Gasteiger partial charge is 0.127 e. The van der Waals surface area contributed by atoms with E-state index in [9.17, 15) is 4.39 Å². The molecule has 1 N–H and O–H groups in total. The molecule has 1 aliphatic carbocycles. The zero-order valence-corrected chi connectivity index (χ0v) is 10.8. The van der Waals surface area contributed by atoms with Gasteiger partial charge in [-0.25, -0.2) is 4.39 Å². The maximum atomic E-state index is 13.9. The predicted molar refractivity (Wildman–Crippen MR) is 69.5 cm³/mol. The fraction of sp³-hybridized carbons (Fsp3) is 0.600. The van der Waals surface area contributed by atoms with Gasteiger partial charge in [0.2, 0.25) is 0 Å². The van der Waals surface area contributed by atoms with Crippen molar-refractivity contribution in [2.24, 2.45) is 5.92 Å². The summed E-state index contributed by atoms with van der Waals surface area (Å²) in [5.41, 5.74) is 1.99. The van der Waals surface area contributed by atoms with Gasteiger partial charge in [0.15, 0.2) is 0 Å². The number of aryl methyl sites for hydroxylation is 1. The molecule has 1 saturated carbocycles. The topological polar surface area (TPSA) is 12.0 Å². The van der Waals surface area contributed by atoms with Gasteiger partial charge in [0, 0.05) is 11.6 Å². The molecule has 1 aromatic carbocycles. The van der Waals surface area contributed by atoms with Gasteiger partial charge in [-0.3, -0.25) is 0 Å². The average molecular weight is 235 g/mol. The summed E-state index contributed by atoms with van der Waals surface area (Å²) in [6.45, 7) is 5.13. The quantitative estimate of drug-likeness (QED) is 0.786. The summed E-state index contributed by atoms with van der Waals surface area (Å²) in [5.74, 6) is 0.745. The molecule has 1 fully saturated rings. The molecule has 1 aliphatic rings. The fourth-order valence-electron chi connectivity index (χ4n) is 2.26. The summed E-state index contributed by atoms with van der Waals surface area (Å²) < 4.78 is 13.9. The lowest BCUT2D eigenvalue weighted by Crippen LogP contribution is -2.23. The second-order valence-electron chi connectivity index (χ2n) is 5.21. The number of benzene rings is 1. The first-order chi connectivity index (χ1) is 8.20. The summed E-state index contributed by atoms with van der Waals surface area (Å²) in [6, 6.07) is 5.62. The summed E-state index contributed by atoms with van der Waals surface area (Å²) >= 11 is 0. The predicted octanol–water partition coefficient (Wildman–Crippen LogP) is 3.97. The summed E-state index contributed by atoms with van der Waals surface area (Å²) in [7, 11) is 0. The van der Waals surface area contributed by atoms with Gasteiger partial charge >= 0.3 is 0 Å². The molecule has 0 spiro atoms. The molecular formula is C15H22FN. The highest BCUT2D eigenvalue weighted by Crippen LogP contribution is 2.38. The van der Waals surface area contributed by atoms with Gasteiger partial charge < -0.3 is 5.32 Å². The Balaban J connectivity index is 2.13. The van der Waals surface area contributed by atoms with Gasteiger partial charge in [0.1, 0.15) is 5.82 Å². The van der Waals surface area contributed by atoms with Crippen molar-refractivity contribution in [3.63, 3.8) is 0 Å². The van der Waals surface area contributed by atoms with Crippen molar-refractivity contribution < 1.29 is 4.39 Å². The van der Waals surface area contributed by atoms with E-state index in [1.165, 1.54) is 12.8 Å². The Morgan fingerprint density at radius 3 is 2.82 bits per heavy atom. The molecule has 2 rings (SSSR count). The highest BCUT2D eigenvalue weighted by atomic mass is 19.1. The zero-order valence-electron chi connectivity index (χ0n) is 10.8. The minimum absolute atomic E-state index is 0.0650. The van der Waals surface area contributed by atoms with Crippen LogP contribution in [0.2, 0.25) is 0 Å². The van der Waals surface area contributed by atoms with E-state index < -0.39 is 0 Å². The third-order valence-electron chi connectivity index (χ3n) is 3.43. The van der Waals surface area contributed by atoms with Gasteiger partial charge in [-0.05, 0) is 38.3 Å². The van der Waals surface area contributed by atoms with E-state index in [-0.39, 0.29) is 11.9 Å². The van der Waals surface area contributed by atoms with Crippen LogP contribution in [-0.2, 0) is 0 Å². The van der Waals surface area contributed by atoms with E-state index >= 15 is 0 Å². The van der Waals surface area contributed by atoms with Crippen LogP contribution in [0.5, 0.6) is 0 Å². The lowest BCUT2D eigenvalue weighted by atomic mass is 9.98. The van der Waals surface area contributed by atoms with Gasteiger partial charge in [0.05, 0.1) is 0 Å².